The van der Waals surface area contributed by atoms with Gasteiger partial charge >= 0.3 is 0 Å². The lowest BCUT2D eigenvalue weighted by Gasteiger charge is -2.49. The van der Waals surface area contributed by atoms with Crippen molar-refractivity contribution in [1.82, 2.24) is 4.90 Å². The zero-order valence-corrected chi connectivity index (χ0v) is 19.4. The molecular formula is C24H45NO3. The molecule has 1 heterocycles. The van der Waals surface area contributed by atoms with Gasteiger partial charge in [0.05, 0.1) is 17.3 Å². The predicted molar refractivity (Wildman–Crippen MR) is 116 cm³/mol. The number of nitrogens with zero attached hydrogens (tertiary/aromatic N) is 1. The average molecular weight is 396 g/mol. The number of amides is 1. The van der Waals surface area contributed by atoms with Gasteiger partial charge in [-0.05, 0) is 67.2 Å². The summed E-state index contributed by atoms with van der Waals surface area (Å²) in [5.41, 5.74) is -0.168. The summed E-state index contributed by atoms with van der Waals surface area (Å²) in [5, 5.41) is 0. The lowest BCUT2D eigenvalue weighted by Crippen LogP contribution is -2.61. The third-order valence-corrected chi connectivity index (χ3v) is 6.00. The Morgan fingerprint density at radius 1 is 0.893 bits per heavy atom. The van der Waals surface area contributed by atoms with Gasteiger partial charge in [-0.15, -0.1) is 0 Å². The number of hydrogen-bond acceptors (Lipinski definition) is 3. The minimum Gasteiger partial charge on any atom is -0.376 e. The van der Waals surface area contributed by atoms with Crippen molar-refractivity contribution in [2.24, 2.45) is 5.41 Å². The number of rotatable bonds is 11. The van der Waals surface area contributed by atoms with Crippen molar-refractivity contribution in [2.45, 2.75) is 123 Å². The molecule has 0 N–H and O–H groups in total. The van der Waals surface area contributed by atoms with Crippen LogP contribution < -0.4 is 0 Å². The van der Waals surface area contributed by atoms with Crippen LogP contribution in [0.5, 0.6) is 0 Å². The average Bonchev–Trinajstić information content (AvgIpc) is 2.48. The minimum atomic E-state index is -0.118. The van der Waals surface area contributed by atoms with Crippen molar-refractivity contribution in [3.63, 3.8) is 0 Å². The van der Waals surface area contributed by atoms with E-state index in [0.29, 0.717) is 5.91 Å². The summed E-state index contributed by atoms with van der Waals surface area (Å²) in [7, 11) is 0. The van der Waals surface area contributed by atoms with Crippen molar-refractivity contribution in [2.75, 3.05) is 19.7 Å². The van der Waals surface area contributed by atoms with E-state index in [9.17, 15) is 4.79 Å². The van der Waals surface area contributed by atoms with E-state index in [0.717, 1.165) is 45.4 Å². The Bertz CT molecular complexity index is 479. The molecule has 2 fully saturated rings. The van der Waals surface area contributed by atoms with E-state index >= 15 is 0 Å². The van der Waals surface area contributed by atoms with E-state index in [-0.39, 0.29) is 22.7 Å². The molecule has 0 unspecified atom stereocenters. The summed E-state index contributed by atoms with van der Waals surface area (Å²) in [5.74, 6) is 0.409. The SMILES string of the molecule is CC(C)(C)OCCCCCCCCC1(C(=O)N2CC(OC(C)(C)C)C2)CCC1. The Kier molecular flexibility index (Phi) is 8.39. The number of unbranched alkanes of at least 4 members (excludes halogenated alkanes) is 5. The third kappa shape index (κ3) is 7.67. The van der Waals surface area contributed by atoms with Crippen LogP contribution in [-0.4, -0.2) is 47.8 Å². The molecule has 0 radical (unpaired) electrons. The highest BCUT2D eigenvalue weighted by atomic mass is 16.5. The van der Waals surface area contributed by atoms with Crippen molar-refractivity contribution >= 4 is 5.91 Å². The topological polar surface area (TPSA) is 38.8 Å². The van der Waals surface area contributed by atoms with E-state index in [1.807, 2.05) is 4.90 Å². The van der Waals surface area contributed by atoms with Gasteiger partial charge in [-0.2, -0.15) is 0 Å². The second-order valence-electron chi connectivity index (χ2n) is 11.0. The first-order valence-corrected chi connectivity index (χ1v) is 11.6. The molecule has 1 amide bonds. The molecular weight excluding hydrogens is 350 g/mol. The fourth-order valence-electron chi connectivity index (χ4n) is 4.34. The van der Waals surface area contributed by atoms with Crippen LogP contribution in [0.3, 0.4) is 0 Å². The fraction of sp³-hybridized carbons (Fsp3) is 0.958. The highest BCUT2D eigenvalue weighted by Gasteiger charge is 2.48. The van der Waals surface area contributed by atoms with Crippen LogP contribution in [0.1, 0.15) is 106 Å². The van der Waals surface area contributed by atoms with Crippen LogP contribution in [0.15, 0.2) is 0 Å². The molecule has 1 aliphatic heterocycles. The van der Waals surface area contributed by atoms with Crippen LogP contribution in [0.4, 0.5) is 0 Å². The van der Waals surface area contributed by atoms with E-state index in [1.165, 1.54) is 38.5 Å². The van der Waals surface area contributed by atoms with Gasteiger partial charge in [0.1, 0.15) is 0 Å². The second kappa shape index (κ2) is 9.93. The highest BCUT2D eigenvalue weighted by molar-refractivity contribution is 5.84. The van der Waals surface area contributed by atoms with Crippen LogP contribution >= 0.6 is 0 Å². The third-order valence-electron chi connectivity index (χ3n) is 6.00. The van der Waals surface area contributed by atoms with E-state index in [2.05, 4.69) is 41.5 Å². The normalized spacial score (nSPS) is 20.0. The van der Waals surface area contributed by atoms with Crippen molar-refractivity contribution in [3.05, 3.63) is 0 Å². The Labute approximate surface area is 173 Å². The zero-order valence-electron chi connectivity index (χ0n) is 19.4. The van der Waals surface area contributed by atoms with E-state index in [1.54, 1.807) is 0 Å². The van der Waals surface area contributed by atoms with Crippen LogP contribution in [0, 0.1) is 5.41 Å². The highest BCUT2D eigenvalue weighted by Crippen LogP contribution is 2.47. The summed E-state index contributed by atoms with van der Waals surface area (Å²) in [6, 6.07) is 0. The van der Waals surface area contributed by atoms with Crippen LogP contribution in [0.2, 0.25) is 0 Å². The second-order valence-corrected chi connectivity index (χ2v) is 11.0. The number of hydrogen-bond donors (Lipinski definition) is 0. The molecule has 1 saturated heterocycles. The van der Waals surface area contributed by atoms with Gasteiger partial charge in [0.15, 0.2) is 0 Å². The Morgan fingerprint density at radius 3 is 1.96 bits per heavy atom. The quantitative estimate of drug-likeness (QED) is 0.419. The van der Waals surface area contributed by atoms with Gasteiger partial charge < -0.3 is 14.4 Å². The molecule has 28 heavy (non-hydrogen) atoms. The lowest BCUT2D eigenvalue weighted by atomic mass is 9.64. The fourth-order valence-corrected chi connectivity index (χ4v) is 4.34. The smallest absolute Gasteiger partial charge is 0.228 e. The molecule has 2 rings (SSSR count). The molecule has 4 heteroatoms. The van der Waals surface area contributed by atoms with Crippen molar-refractivity contribution < 1.29 is 14.3 Å². The first kappa shape index (κ1) is 23.7. The van der Waals surface area contributed by atoms with Gasteiger partial charge in [-0.1, -0.05) is 38.5 Å². The van der Waals surface area contributed by atoms with Gasteiger partial charge in [-0.25, -0.2) is 0 Å². The molecule has 0 spiro atoms. The van der Waals surface area contributed by atoms with Crippen LogP contribution in [-0.2, 0) is 14.3 Å². The maximum absolute atomic E-state index is 13.0. The largest absolute Gasteiger partial charge is 0.376 e. The van der Waals surface area contributed by atoms with Crippen molar-refractivity contribution in [3.8, 4) is 0 Å². The summed E-state index contributed by atoms with van der Waals surface area (Å²) < 4.78 is 11.8. The van der Waals surface area contributed by atoms with Gasteiger partial charge in [0.25, 0.3) is 0 Å². The number of carbonyl (C=O) groups excluding carboxylic acids is 1. The maximum atomic E-state index is 13.0. The van der Waals surface area contributed by atoms with Gasteiger partial charge in [0, 0.05) is 25.1 Å². The molecule has 164 valence electrons. The number of likely N-dealkylation sites (tertiary alicyclic amines) is 1. The van der Waals surface area contributed by atoms with Crippen molar-refractivity contribution in [1.29, 1.82) is 0 Å². The summed E-state index contributed by atoms with van der Waals surface area (Å²) >= 11 is 0. The molecule has 0 aromatic rings. The predicted octanol–water partition coefficient (Wildman–Crippen LogP) is 5.73. The standard InChI is InChI=1S/C24H45NO3/c1-22(2,3)27-17-12-10-8-7-9-11-14-24(15-13-16-24)21(26)25-18-20(19-25)28-23(4,5)6/h20H,7-19H2,1-6H3. The molecule has 1 saturated carbocycles. The molecule has 2 aliphatic rings. The Morgan fingerprint density at radius 2 is 1.46 bits per heavy atom. The number of ether oxygens (including phenoxy) is 2. The summed E-state index contributed by atoms with van der Waals surface area (Å²) in [4.78, 5) is 15.1. The zero-order chi connectivity index (χ0) is 20.8. The molecule has 0 atom stereocenters. The lowest BCUT2D eigenvalue weighted by molar-refractivity contribution is -0.171. The van der Waals surface area contributed by atoms with E-state index < -0.39 is 0 Å². The molecule has 0 aromatic carbocycles. The Balaban J connectivity index is 1.56. The monoisotopic (exact) mass is 395 g/mol. The minimum absolute atomic E-state index is 0.0149. The van der Waals surface area contributed by atoms with Gasteiger partial charge in [-0.3, -0.25) is 4.79 Å². The first-order chi connectivity index (χ1) is 13.0. The first-order valence-electron chi connectivity index (χ1n) is 11.6. The molecule has 4 nitrogen and oxygen atoms in total. The van der Waals surface area contributed by atoms with Gasteiger partial charge in [0.2, 0.25) is 5.91 Å². The molecule has 0 bridgehead atoms. The van der Waals surface area contributed by atoms with Crippen LogP contribution in [0.25, 0.3) is 0 Å². The molecule has 0 aromatic heterocycles. The maximum Gasteiger partial charge on any atom is 0.228 e. The Hall–Kier alpha value is -0.610. The molecule has 1 aliphatic carbocycles. The number of carbonyl (C=O) groups is 1. The van der Waals surface area contributed by atoms with E-state index in [4.69, 9.17) is 9.47 Å². The summed E-state index contributed by atoms with van der Waals surface area (Å²) in [6.07, 6.45) is 12.1. The summed E-state index contributed by atoms with van der Waals surface area (Å²) in [6.45, 7) is 15.0.